The van der Waals surface area contributed by atoms with Crippen molar-refractivity contribution in [3.05, 3.63) is 28.8 Å². The summed E-state index contributed by atoms with van der Waals surface area (Å²) < 4.78 is 0. The number of anilines is 1. The van der Waals surface area contributed by atoms with Crippen LogP contribution in [0.4, 0.5) is 5.69 Å². The molecule has 2 heterocycles. The number of aliphatic hydroxyl groups excluding tert-OH is 1. The lowest BCUT2D eigenvalue weighted by molar-refractivity contribution is -0.139. The third-order valence-electron chi connectivity index (χ3n) is 6.67. The minimum absolute atomic E-state index is 0.174. The number of hydrogen-bond donors (Lipinski definition) is 1. The predicted octanol–water partition coefficient (Wildman–Crippen LogP) is 3.77. The van der Waals surface area contributed by atoms with Crippen LogP contribution in [0.25, 0.3) is 0 Å². The molecule has 0 aromatic heterocycles. The Balaban J connectivity index is 1.50. The molecule has 3 aliphatic rings. The highest BCUT2D eigenvalue weighted by molar-refractivity contribution is 6.33. The maximum absolute atomic E-state index is 13.4. The second kappa shape index (κ2) is 7.05. The van der Waals surface area contributed by atoms with Gasteiger partial charge < -0.3 is 14.9 Å². The topological polar surface area (TPSA) is 43.8 Å². The molecule has 1 saturated carbocycles. The molecule has 1 aromatic rings. The van der Waals surface area contributed by atoms with E-state index in [4.69, 9.17) is 11.6 Å². The minimum Gasteiger partial charge on any atom is -0.393 e. The van der Waals surface area contributed by atoms with Crippen LogP contribution < -0.4 is 4.90 Å². The lowest BCUT2D eigenvalue weighted by atomic mass is 9.78. The van der Waals surface area contributed by atoms with Gasteiger partial charge in [-0.2, -0.15) is 0 Å². The predicted molar refractivity (Wildman–Crippen MR) is 105 cm³/mol. The largest absolute Gasteiger partial charge is 0.393 e. The van der Waals surface area contributed by atoms with Gasteiger partial charge in [-0.15, -0.1) is 0 Å². The molecule has 1 N–H and O–H groups in total. The highest BCUT2D eigenvalue weighted by Crippen LogP contribution is 2.44. The van der Waals surface area contributed by atoms with Crippen LogP contribution in [0, 0.1) is 12.3 Å². The van der Waals surface area contributed by atoms with Crippen molar-refractivity contribution in [2.24, 2.45) is 5.41 Å². The van der Waals surface area contributed by atoms with E-state index in [0.717, 1.165) is 80.9 Å². The Morgan fingerprint density at radius 1 is 1.15 bits per heavy atom. The second-order valence-electron chi connectivity index (χ2n) is 8.47. The third kappa shape index (κ3) is 3.22. The summed E-state index contributed by atoms with van der Waals surface area (Å²) >= 11 is 6.50. The first kappa shape index (κ1) is 18.1. The number of hydrogen-bond acceptors (Lipinski definition) is 3. The number of halogens is 1. The molecule has 1 aromatic carbocycles. The summed E-state index contributed by atoms with van der Waals surface area (Å²) in [6, 6.07) is 6.52. The van der Waals surface area contributed by atoms with Gasteiger partial charge in [0.05, 0.1) is 22.2 Å². The second-order valence-corrected chi connectivity index (χ2v) is 8.88. The minimum atomic E-state index is -0.247. The Bertz CT molecular complexity index is 687. The average Bonchev–Trinajstić information content (AvgIpc) is 2.92. The summed E-state index contributed by atoms with van der Waals surface area (Å²) in [6.45, 7) is 4.66. The van der Waals surface area contributed by atoms with Crippen molar-refractivity contribution in [3.8, 4) is 0 Å². The molecule has 1 spiro atoms. The van der Waals surface area contributed by atoms with E-state index in [1.54, 1.807) is 0 Å². The van der Waals surface area contributed by atoms with Crippen LogP contribution in [0.15, 0.2) is 18.2 Å². The van der Waals surface area contributed by atoms with Crippen LogP contribution in [0.2, 0.25) is 5.02 Å². The number of piperidine rings is 1. The summed E-state index contributed by atoms with van der Waals surface area (Å²) in [7, 11) is 0. The third-order valence-corrected chi connectivity index (χ3v) is 6.98. The maximum atomic E-state index is 13.4. The lowest BCUT2D eigenvalue weighted by Crippen LogP contribution is -2.50. The summed E-state index contributed by atoms with van der Waals surface area (Å²) in [5.74, 6) is 0.340. The van der Waals surface area contributed by atoms with E-state index < -0.39 is 0 Å². The quantitative estimate of drug-likeness (QED) is 0.854. The number of nitrogens with zero attached hydrogens (tertiary/aromatic N) is 2. The van der Waals surface area contributed by atoms with Gasteiger partial charge in [-0.1, -0.05) is 17.7 Å². The fraction of sp³-hybridized carbons (Fsp3) is 0.667. The highest BCUT2D eigenvalue weighted by Gasteiger charge is 2.50. The molecule has 2 saturated heterocycles. The zero-order valence-corrected chi connectivity index (χ0v) is 16.3. The maximum Gasteiger partial charge on any atom is 0.230 e. The van der Waals surface area contributed by atoms with Crippen LogP contribution in [0.5, 0.6) is 0 Å². The molecule has 1 aliphatic carbocycles. The lowest BCUT2D eigenvalue weighted by Gasteiger charge is -2.41. The number of likely N-dealkylation sites (tertiary alicyclic amines) is 1. The summed E-state index contributed by atoms with van der Waals surface area (Å²) in [6.07, 6.45) is 6.33. The standard InChI is InChI=1S/C21H29ClN2O2/c1-15-3-8-19(18(22)13-15)23-11-2-9-21(14-23)10-12-24(20(21)26)16-4-6-17(25)7-5-16/h3,8,13,16-17,25H,2,4-7,9-12,14H2,1H3/t16-,17-,21-/m1/s1. The van der Waals surface area contributed by atoms with Crippen LogP contribution >= 0.6 is 11.6 Å². The first-order chi connectivity index (χ1) is 12.5. The molecule has 0 radical (unpaired) electrons. The van der Waals surface area contributed by atoms with Crippen molar-refractivity contribution in [2.75, 3.05) is 24.5 Å². The van der Waals surface area contributed by atoms with Crippen molar-refractivity contribution in [3.63, 3.8) is 0 Å². The number of carbonyl (C=O) groups is 1. The van der Waals surface area contributed by atoms with Crippen molar-refractivity contribution in [1.82, 2.24) is 4.90 Å². The normalized spacial score (nSPS) is 32.5. The Morgan fingerprint density at radius 2 is 1.92 bits per heavy atom. The molecule has 142 valence electrons. The molecular weight excluding hydrogens is 348 g/mol. The van der Waals surface area contributed by atoms with Gasteiger partial charge in [0.25, 0.3) is 0 Å². The smallest absolute Gasteiger partial charge is 0.230 e. The van der Waals surface area contributed by atoms with Crippen LogP contribution in [0.3, 0.4) is 0 Å². The highest BCUT2D eigenvalue weighted by atomic mass is 35.5. The molecule has 1 atom stereocenters. The molecule has 1 amide bonds. The van der Waals surface area contributed by atoms with Gasteiger partial charge >= 0.3 is 0 Å². The van der Waals surface area contributed by atoms with E-state index in [1.165, 1.54) is 0 Å². The van der Waals surface area contributed by atoms with Crippen molar-refractivity contribution in [1.29, 1.82) is 0 Å². The van der Waals surface area contributed by atoms with E-state index in [9.17, 15) is 9.90 Å². The molecule has 3 fully saturated rings. The Labute approximate surface area is 161 Å². The van der Waals surface area contributed by atoms with E-state index >= 15 is 0 Å². The Morgan fingerprint density at radius 3 is 2.65 bits per heavy atom. The van der Waals surface area contributed by atoms with Gasteiger partial charge in [0.2, 0.25) is 5.91 Å². The first-order valence-corrected chi connectivity index (χ1v) is 10.4. The molecule has 26 heavy (non-hydrogen) atoms. The fourth-order valence-electron chi connectivity index (χ4n) is 5.15. The zero-order chi connectivity index (χ0) is 18.3. The summed E-state index contributed by atoms with van der Waals surface area (Å²) in [5.41, 5.74) is 1.97. The molecule has 0 bridgehead atoms. The number of aryl methyl sites for hydroxylation is 1. The molecule has 4 rings (SSSR count). The molecule has 2 aliphatic heterocycles. The first-order valence-electron chi connectivity index (χ1n) is 9.99. The Kier molecular flexibility index (Phi) is 4.91. The molecular formula is C21H29ClN2O2. The molecule has 0 unspecified atom stereocenters. The number of amides is 1. The van der Waals surface area contributed by atoms with E-state index in [0.29, 0.717) is 11.9 Å². The number of rotatable bonds is 2. The van der Waals surface area contributed by atoms with Crippen molar-refractivity contribution >= 4 is 23.2 Å². The van der Waals surface area contributed by atoms with Gasteiger partial charge in [-0.3, -0.25) is 4.79 Å². The fourth-order valence-corrected chi connectivity index (χ4v) is 5.50. The van der Waals surface area contributed by atoms with Gasteiger partial charge in [0.1, 0.15) is 0 Å². The number of aliphatic hydroxyl groups is 1. The van der Waals surface area contributed by atoms with E-state index in [2.05, 4.69) is 21.9 Å². The van der Waals surface area contributed by atoms with Gasteiger partial charge in [-0.05, 0) is 69.6 Å². The summed E-state index contributed by atoms with van der Waals surface area (Å²) in [4.78, 5) is 17.8. The van der Waals surface area contributed by atoms with Crippen LogP contribution in [-0.4, -0.2) is 47.7 Å². The van der Waals surface area contributed by atoms with Crippen molar-refractivity contribution in [2.45, 2.75) is 64.0 Å². The average molecular weight is 377 g/mol. The molecule has 4 nitrogen and oxygen atoms in total. The SMILES string of the molecule is Cc1ccc(N2CCC[C@@]3(CCN([C@H]4CC[C@H](O)CC4)C3=O)C2)c(Cl)c1. The zero-order valence-electron chi connectivity index (χ0n) is 15.6. The molecule has 5 heteroatoms. The van der Waals surface area contributed by atoms with Crippen LogP contribution in [-0.2, 0) is 4.79 Å². The summed E-state index contributed by atoms with van der Waals surface area (Å²) in [5, 5.41) is 10.5. The Hall–Kier alpha value is -1.26. The van der Waals surface area contributed by atoms with Crippen molar-refractivity contribution < 1.29 is 9.90 Å². The number of carbonyl (C=O) groups excluding carboxylic acids is 1. The van der Waals surface area contributed by atoms with Crippen LogP contribution in [0.1, 0.15) is 50.5 Å². The van der Waals surface area contributed by atoms with E-state index in [1.807, 2.05) is 13.0 Å². The van der Waals surface area contributed by atoms with E-state index in [-0.39, 0.29) is 11.5 Å². The van der Waals surface area contributed by atoms with Gasteiger partial charge in [-0.25, -0.2) is 0 Å². The van der Waals surface area contributed by atoms with Gasteiger partial charge in [0, 0.05) is 25.7 Å². The monoisotopic (exact) mass is 376 g/mol. The number of benzene rings is 1. The van der Waals surface area contributed by atoms with Gasteiger partial charge in [0.15, 0.2) is 0 Å².